The lowest BCUT2D eigenvalue weighted by molar-refractivity contribution is 0.0682. The van der Waals surface area contributed by atoms with Gasteiger partial charge in [-0.05, 0) is 32.0 Å². The average Bonchev–Trinajstić information content (AvgIpc) is 2.49. The molecule has 0 spiro atoms. The largest absolute Gasteiger partial charge is 0.508 e. The van der Waals surface area contributed by atoms with Crippen LogP contribution in [0.25, 0.3) is 0 Å². The van der Waals surface area contributed by atoms with Crippen LogP contribution in [0, 0.1) is 0 Å². The molecule has 1 unspecified atom stereocenters. The highest BCUT2D eigenvalue weighted by atomic mass is 79.9. The van der Waals surface area contributed by atoms with Gasteiger partial charge in [0.25, 0.3) is 0 Å². The quantitative estimate of drug-likeness (QED) is 0.904. The van der Waals surface area contributed by atoms with Gasteiger partial charge in [0.15, 0.2) is 0 Å². The summed E-state index contributed by atoms with van der Waals surface area (Å²) in [6.45, 7) is 7.13. The van der Waals surface area contributed by atoms with E-state index in [1.807, 2.05) is 19.1 Å². The normalized spacial score (nSPS) is 17.6. The van der Waals surface area contributed by atoms with Gasteiger partial charge in [-0.25, -0.2) is 4.79 Å². The third-order valence-corrected chi connectivity index (χ3v) is 4.32. The van der Waals surface area contributed by atoms with Gasteiger partial charge >= 0.3 is 6.09 Å². The van der Waals surface area contributed by atoms with Crippen LogP contribution in [-0.2, 0) is 4.74 Å². The first kappa shape index (κ1) is 16.1. The Morgan fingerprint density at radius 3 is 2.67 bits per heavy atom. The lowest BCUT2D eigenvalue weighted by atomic mass is 10.0. The van der Waals surface area contributed by atoms with Crippen LogP contribution in [0.4, 0.5) is 4.79 Å². The maximum atomic E-state index is 11.7. The van der Waals surface area contributed by atoms with E-state index in [2.05, 4.69) is 27.8 Å². The number of halogens is 1. The minimum absolute atomic E-state index is 0.104. The maximum Gasteiger partial charge on any atom is 0.409 e. The molecule has 1 aliphatic heterocycles. The van der Waals surface area contributed by atoms with Crippen molar-refractivity contribution in [2.24, 2.45) is 0 Å². The average molecular weight is 357 g/mol. The van der Waals surface area contributed by atoms with Crippen molar-refractivity contribution in [1.29, 1.82) is 0 Å². The summed E-state index contributed by atoms with van der Waals surface area (Å²) in [6.07, 6.45) is -0.241. The van der Waals surface area contributed by atoms with Crippen LogP contribution >= 0.6 is 15.9 Å². The second-order valence-electron chi connectivity index (χ2n) is 5.10. The van der Waals surface area contributed by atoms with Crippen molar-refractivity contribution < 1.29 is 14.6 Å². The van der Waals surface area contributed by atoms with Crippen LogP contribution in [0.15, 0.2) is 22.7 Å². The molecule has 1 amide bonds. The SMILES string of the molecule is CCOC(=O)N1CCN(C(C)c2cc(Br)ccc2O)CC1. The van der Waals surface area contributed by atoms with Crippen LogP contribution in [-0.4, -0.2) is 53.8 Å². The standard InChI is InChI=1S/C15H21BrN2O3/c1-3-21-15(20)18-8-6-17(7-9-18)11(2)13-10-12(16)4-5-14(13)19/h4-5,10-11,19H,3,6-9H2,1-2H3. The lowest BCUT2D eigenvalue weighted by Gasteiger charge is -2.37. The summed E-state index contributed by atoms with van der Waals surface area (Å²) >= 11 is 3.44. The highest BCUT2D eigenvalue weighted by Gasteiger charge is 2.26. The molecule has 0 aliphatic carbocycles. The zero-order valence-corrected chi connectivity index (χ0v) is 14.0. The molecule has 5 nitrogen and oxygen atoms in total. The fourth-order valence-electron chi connectivity index (χ4n) is 2.56. The number of rotatable bonds is 3. The van der Waals surface area contributed by atoms with Gasteiger partial charge in [0.05, 0.1) is 6.61 Å². The van der Waals surface area contributed by atoms with Crippen LogP contribution in [0.2, 0.25) is 0 Å². The molecule has 1 aliphatic rings. The van der Waals surface area contributed by atoms with E-state index >= 15 is 0 Å². The van der Waals surface area contributed by atoms with Crippen molar-refractivity contribution >= 4 is 22.0 Å². The highest BCUT2D eigenvalue weighted by molar-refractivity contribution is 9.10. The maximum absolute atomic E-state index is 11.7. The Morgan fingerprint density at radius 2 is 2.05 bits per heavy atom. The van der Waals surface area contributed by atoms with Gasteiger partial charge in [-0.3, -0.25) is 4.90 Å². The number of aromatic hydroxyl groups is 1. The van der Waals surface area contributed by atoms with Gasteiger partial charge in [-0.2, -0.15) is 0 Å². The van der Waals surface area contributed by atoms with E-state index in [1.54, 1.807) is 11.0 Å². The molecule has 1 aromatic rings. The van der Waals surface area contributed by atoms with E-state index in [0.717, 1.165) is 23.1 Å². The first-order chi connectivity index (χ1) is 10.0. The van der Waals surface area contributed by atoms with E-state index in [9.17, 15) is 9.90 Å². The number of hydrogen-bond acceptors (Lipinski definition) is 4. The van der Waals surface area contributed by atoms with E-state index in [-0.39, 0.29) is 12.1 Å². The first-order valence-electron chi connectivity index (χ1n) is 7.17. The molecular weight excluding hydrogens is 336 g/mol. The summed E-state index contributed by atoms with van der Waals surface area (Å²) in [6, 6.07) is 5.57. The third-order valence-electron chi connectivity index (χ3n) is 3.83. The van der Waals surface area contributed by atoms with E-state index in [0.29, 0.717) is 25.4 Å². The summed E-state index contributed by atoms with van der Waals surface area (Å²) in [5.41, 5.74) is 0.897. The summed E-state index contributed by atoms with van der Waals surface area (Å²) in [5, 5.41) is 10.0. The van der Waals surface area contributed by atoms with Crippen LogP contribution < -0.4 is 0 Å². The molecule has 116 valence electrons. The van der Waals surface area contributed by atoms with Crippen molar-refractivity contribution in [2.75, 3.05) is 32.8 Å². The second kappa shape index (κ2) is 7.13. The van der Waals surface area contributed by atoms with E-state index in [1.165, 1.54) is 0 Å². The van der Waals surface area contributed by atoms with E-state index in [4.69, 9.17) is 4.74 Å². The fraction of sp³-hybridized carbons (Fsp3) is 0.533. The molecule has 0 bridgehead atoms. The molecule has 21 heavy (non-hydrogen) atoms. The third kappa shape index (κ3) is 3.89. The predicted octanol–water partition coefficient (Wildman–Crippen LogP) is 2.99. The minimum atomic E-state index is -0.241. The smallest absolute Gasteiger partial charge is 0.409 e. The number of ether oxygens (including phenoxy) is 1. The first-order valence-corrected chi connectivity index (χ1v) is 7.96. The summed E-state index contributed by atoms with van der Waals surface area (Å²) < 4.78 is 5.97. The summed E-state index contributed by atoms with van der Waals surface area (Å²) in [5.74, 6) is 0.304. The second-order valence-corrected chi connectivity index (χ2v) is 6.02. The Kier molecular flexibility index (Phi) is 5.47. The number of carbonyl (C=O) groups excluding carboxylic acids is 1. The number of hydrogen-bond donors (Lipinski definition) is 1. The molecular formula is C15H21BrN2O3. The van der Waals surface area contributed by atoms with Gasteiger partial charge in [-0.15, -0.1) is 0 Å². The topological polar surface area (TPSA) is 53.0 Å². The Bertz CT molecular complexity index is 502. The molecule has 1 fully saturated rings. The molecule has 1 atom stereocenters. The fourth-order valence-corrected chi connectivity index (χ4v) is 2.94. The lowest BCUT2D eigenvalue weighted by Crippen LogP contribution is -2.49. The van der Waals surface area contributed by atoms with Crippen molar-refractivity contribution in [3.8, 4) is 5.75 Å². The zero-order valence-electron chi connectivity index (χ0n) is 12.4. The molecule has 6 heteroatoms. The molecule has 1 heterocycles. The van der Waals surface area contributed by atoms with Crippen LogP contribution in [0.5, 0.6) is 5.75 Å². The molecule has 2 rings (SSSR count). The number of piperazine rings is 1. The Hall–Kier alpha value is -1.27. The van der Waals surface area contributed by atoms with Gasteiger partial charge in [0.1, 0.15) is 5.75 Å². The Morgan fingerprint density at radius 1 is 1.38 bits per heavy atom. The predicted molar refractivity (Wildman–Crippen MR) is 84.4 cm³/mol. The van der Waals surface area contributed by atoms with Gasteiger partial charge in [-0.1, -0.05) is 15.9 Å². The zero-order chi connectivity index (χ0) is 15.4. The molecule has 0 radical (unpaired) electrons. The van der Waals surface area contributed by atoms with E-state index < -0.39 is 0 Å². The number of benzene rings is 1. The molecule has 0 saturated carbocycles. The van der Waals surface area contributed by atoms with Crippen molar-refractivity contribution in [1.82, 2.24) is 9.80 Å². The number of carbonyl (C=O) groups is 1. The molecule has 1 saturated heterocycles. The number of amides is 1. The Balaban J connectivity index is 1.98. The van der Waals surface area contributed by atoms with Gasteiger partial charge < -0.3 is 14.7 Å². The molecule has 1 N–H and O–H groups in total. The monoisotopic (exact) mass is 356 g/mol. The Labute approximate surface area is 133 Å². The van der Waals surface area contributed by atoms with Crippen LogP contribution in [0.3, 0.4) is 0 Å². The minimum Gasteiger partial charge on any atom is -0.508 e. The number of phenolic OH excluding ortho intramolecular Hbond substituents is 1. The van der Waals surface area contributed by atoms with Crippen molar-refractivity contribution in [2.45, 2.75) is 19.9 Å². The molecule has 0 aromatic heterocycles. The summed E-state index contributed by atoms with van der Waals surface area (Å²) in [7, 11) is 0. The van der Waals surface area contributed by atoms with Gasteiger partial charge in [0.2, 0.25) is 0 Å². The highest BCUT2D eigenvalue weighted by Crippen LogP contribution is 2.31. The summed E-state index contributed by atoms with van der Waals surface area (Å²) in [4.78, 5) is 15.7. The van der Waals surface area contributed by atoms with Crippen molar-refractivity contribution in [3.05, 3.63) is 28.2 Å². The number of phenols is 1. The number of nitrogens with zero attached hydrogens (tertiary/aromatic N) is 2. The van der Waals surface area contributed by atoms with Gasteiger partial charge in [0, 0.05) is 42.3 Å². The van der Waals surface area contributed by atoms with Crippen LogP contribution in [0.1, 0.15) is 25.5 Å². The van der Waals surface area contributed by atoms with Crippen molar-refractivity contribution in [3.63, 3.8) is 0 Å². The molecule has 1 aromatic carbocycles.